The molecule has 39 heavy (non-hydrogen) atoms. The molecule has 0 amide bonds. The van der Waals surface area contributed by atoms with E-state index < -0.39 is 12.0 Å². The van der Waals surface area contributed by atoms with Crippen molar-refractivity contribution in [2.24, 2.45) is 4.99 Å². The number of fused-ring (bicyclic) bond motifs is 1. The van der Waals surface area contributed by atoms with Crippen LogP contribution in [-0.4, -0.2) is 51.4 Å². The van der Waals surface area contributed by atoms with Crippen LogP contribution in [0.25, 0.3) is 6.08 Å². The van der Waals surface area contributed by atoms with Crippen LogP contribution in [0.5, 0.6) is 5.75 Å². The Morgan fingerprint density at radius 3 is 2.33 bits per heavy atom. The second-order valence-electron chi connectivity index (χ2n) is 9.39. The number of anilines is 2. The average molecular weight is 549 g/mol. The van der Waals surface area contributed by atoms with Crippen LogP contribution in [0.1, 0.15) is 44.9 Å². The summed E-state index contributed by atoms with van der Waals surface area (Å²) in [6.45, 7) is 9.78. The number of aromatic nitrogens is 1. The smallest absolute Gasteiger partial charge is 0.338 e. The topological polar surface area (TPSA) is 76.4 Å². The minimum atomic E-state index is -0.648. The number of ether oxygens (including phenoxy) is 2. The minimum absolute atomic E-state index is 0.218. The standard InChI is InChI=1S/C30H36N4O4S/c1-8-33(9-2)23-16-13-21(24(18-23)37-7)17-25-28(35)34-27(20-11-14-22(15-12-20)32(5)6)26(29(36)38-10-3)19(4)31-30(34)39-25/h11-18,27H,8-10H2,1-7H3/b25-17-/t27-/m1/s1. The van der Waals surface area contributed by atoms with Gasteiger partial charge in [0.2, 0.25) is 0 Å². The third kappa shape index (κ3) is 5.49. The van der Waals surface area contributed by atoms with Crippen LogP contribution in [0.4, 0.5) is 11.4 Å². The van der Waals surface area contributed by atoms with Crippen molar-refractivity contribution in [3.05, 3.63) is 84.5 Å². The first-order valence-electron chi connectivity index (χ1n) is 13.1. The highest BCUT2D eigenvalue weighted by Gasteiger charge is 2.33. The summed E-state index contributed by atoms with van der Waals surface area (Å²) >= 11 is 1.30. The van der Waals surface area contributed by atoms with Crippen LogP contribution in [0.15, 0.2) is 63.5 Å². The van der Waals surface area contributed by atoms with Crippen molar-refractivity contribution in [2.45, 2.75) is 33.7 Å². The van der Waals surface area contributed by atoms with Crippen LogP contribution in [0.2, 0.25) is 0 Å². The molecule has 0 fully saturated rings. The van der Waals surface area contributed by atoms with Crippen molar-refractivity contribution >= 4 is 34.8 Å². The lowest BCUT2D eigenvalue weighted by molar-refractivity contribution is -0.139. The van der Waals surface area contributed by atoms with E-state index in [1.807, 2.05) is 67.5 Å². The van der Waals surface area contributed by atoms with Crippen LogP contribution in [0, 0.1) is 0 Å². The molecule has 1 atom stereocenters. The third-order valence-corrected chi connectivity index (χ3v) is 7.86. The molecule has 0 spiro atoms. The van der Waals surface area contributed by atoms with E-state index in [-0.39, 0.29) is 12.2 Å². The maximum absolute atomic E-state index is 13.9. The van der Waals surface area contributed by atoms with Gasteiger partial charge in [0.25, 0.3) is 5.56 Å². The Hall–Kier alpha value is -3.85. The molecule has 0 saturated heterocycles. The molecule has 2 heterocycles. The summed E-state index contributed by atoms with van der Waals surface area (Å²) in [7, 11) is 5.57. The van der Waals surface area contributed by atoms with Gasteiger partial charge in [-0.05, 0) is 63.6 Å². The highest BCUT2D eigenvalue weighted by Crippen LogP contribution is 2.32. The number of hydrogen-bond acceptors (Lipinski definition) is 8. The zero-order chi connectivity index (χ0) is 28.3. The summed E-state index contributed by atoms with van der Waals surface area (Å²) in [6, 6.07) is 13.2. The molecule has 3 aromatic rings. The number of benzene rings is 2. The number of thiazole rings is 1. The molecule has 0 aliphatic carbocycles. The van der Waals surface area contributed by atoms with E-state index in [2.05, 4.69) is 23.7 Å². The Kier molecular flexibility index (Phi) is 8.60. The van der Waals surface area contributed by atoms with Crippen molar-refractivity contribution in [1.82, 2.24) is 4.57 Å². The number of carbonyl (C=O) groups excluding carboxylic acids is 1. The Morgan fingerprint density at radius 2 is 1.74 bits per heavy atom. The Balaban J connectivity index is 1.89. The largest absolute Gasteiger partial charge is 0.496 e. The van der Waals surface area contributed by atoms with Crippen LogP contribution in [-0.2, 0) is 9.53 Å². The average Bonchev–Trinajstić information content (AvgIpc) is 3.23. The maximum atomic E-state index is 13.9. The molecule has 0 unspecified atom stereocenters. The molecule has 0 bridgehead atoms. The van der Waals surface area contributed by atoms with Gasteiger partial charge in [-0.25, -0.2) is 9.79 Å². The molecule has 4 rings (SSSR count). The predicted molar refractivity (Wildman–Crippen MR) is 158 cm³/mol. The molecular formula is C30H36N4O4S. The van der Waals surface area contributed by atoms with Gasteiger partial charge in [0.05, 0.1) is 35.6 Å². The van der Waals surface area contributed by atoms with Gasteiger partial charge in [0, 0.05) is 50.2 Å². The minimum Gasteiger partial charge on any atom is -0.496 e. The number of esters is 1. The molecule has 2 aromatic carbocycles. The maximum Gasteiger partial charge on any atom is 0.338 e. The second kappa shape index (κ2) is 11.9. The number of carbonyl (C=O) groups is 1. The SMILES string of the molecule is CCOC(=O)C1=C(C)N=c2s/c(=C\c3ccc(N(CC)CC)cc3OC)c(=O)n2[C@@H]1c1ccc(N(C)C)cc1. The fraction of sp³-hybridized carbons (Fsp3) is 0.367. The van der Waals surface area contributed by atoms with E-state index in [9.17, 15) is 9.59 Å². The van der Waals surface area contributed by atoms with Crippen molar-refractivity contribution in [2.75, 3.05) is 50.7 Å². The van der Waals surface area contributed by atoms with Crippen molar-refractivity contribution in [3.63, 3.8) is 0 Å². The van der Waals surface area contributed by atoms with E-state index in [0.717, 1.165) is 35.6 Å². The molecule has 8 nitrogen and oxygen atoms in total. The van der Waals surface area contributed by atoms with Gasteiger partial charge in [0.15, 0.2) is 4.80 Å². The van der Waals surface area contributed by atoms with E-state index in [1.165, 1.54) is 11.3 Å². The van der Waals surface area contributed by atoms with E-state index in [4.69, 9.17) is 9.47 Å². The Bertz CT molecular complexity index is 1560. The van der Waals surface area contributed by atoms with Crippen LogP contribution in [0.3, 0.4) is 0 Å². The molecule has 9 heteroatoms. The third-order valence-electron chi connectivity index (χ3n) is 6.87. The lowest BCUT2D eigenvalue weighted by Crippen LogP contribution is -2.40. The number of nitrogens with zero attached hydrogens (tertiary/aromatic N) is 4. The molecule has 1 aliphatic rings. The summed E-state index contributed by atoms with van der Waals surface area (Å²) in [6.07, 6.45) is 1.84. The number of rotatable bonds is 9. The summed E-state index contributed by atoms with van der Waals surface area (Å²) in [5.41, 5.74) is 4.39. The molecule has 0 saturated carbocycles. The Labute approximate surface area is 233 Å². The first kappa shape index (κ1) is 28.2. The van der Waals surface area contributed by atoms with E-state index in [0.29, 0.717) is 26.4 Å². The van der Waals surface area contributed by atoms with Crippen molar-refractivity contribution in [1.29, 1.82) is 0 Å². The normalized spacial score (nSPS) is 15.1. The molecular weight excluding hydrogens is 512 g/mol. The van der Waals surface area contributed by atoms with Gasteiger partial charge in [-0.2, -0.15) is 0 Å². The fourth-order valence-electron chi connectivity index (χ4n) is 4.81. The number of methoxy groups -OCH3 is 1. The fourth-order valence-corrected chi connectivity index (χ4v) is 5.84. The van der Waals surface area contributed by atoms with Gasteiger partial charge >= 0.3 is 5.97 Å². The quantitative estimate of drug-likeness (QED) is 0.380. The first-order chi connectivity index (χ1) is 18.7. The lowest BCUT2D eigenvalue weighted by atomic mass is 9.95. The number of allylic oxidation sites excluding steroid dienone is 1. The van der Waals surface area contributed by atoms with Gasteiger partial charge in [-0.3, -0.25) is 9.36 Å². The van der Waals surface area contributed by atoms with Crippen molar-refractivity contribution < 1.29 is 14.3 Å². The zero-order valence-corrected chi connectivity index (χ0v) is 24.5. The van der Waals surface area contributed by atoms with Gasteiger partial charge in [-0.15, -0.1) is 0 Å². The summed E-state index contributed by atoms with van der Waals surface area (Å²) in [5, 5.41) is 0. The highest BCUT2D eigenvalue weighted by atomic mass is 32.1. The first-order valence-corrected chi connectivity index (χ1v) is 14.0. The number of hydrogen-bond donors (Lipinski definition) is 0. The van der Waals surface area contributed by atoms with E-state index >= 15 is 0 Å². The molecule has 0 radical (unpaired) electrons. The monoisotopic (exact) mass is 548 g/mol. The van der Waals surface area contributed by atoms with E-state index in [1.54, 1.807) is 25.5 Å². The summed E-state index contributed by atoms with van der Waals surface area (Å²) in [5.74, 6) is 0.216. The van der Waals surface area contributed by atoms with Gasteiger partial charge < -0.3 is 19.3 Å². The molecule has 1 aliphatic heterocycles. The Morgan fingerprint density at radius 1 is 1.08 bits per heavy atom. The van der Waals surface area contributed by atoms with Gasteiger partial charge in [0.1, 0.15) is 5.75 Å². The highest BCUT2D eigenvalue weighted by molar-refractivity contribution is 7.07. The predicted octanol–water partition coefficient (Wildman–Crippen LogP) is 3.72. The molecule has 1 aromatic heterocycles. The molecule has 0 N–H and O–H groups in total. The van der Waals surface area contributed by atoms with Crippen molar-refractivity contribution in [3.8, 4) is 5.75 Å². The van der Waals surface area contributed by atoms with Crippen LogP contribution >= 0.6 is 11.3 Å². The second-order valence-corrected chi connectivity index (χ2v) is 10.4. The summed E-state index contributed by atoms with van der Waals surface area (Å²) < 4.78 is 13.2. The lowest BCUT2D eigenvalue weighted by Gasteiger charge is -2.25. The molecule has 206 valence electrons. The van der Waals surface area contributed by atoms with Gasteiger partial charge in [-0.1, -0.05) is 23.5 Å². The van der Waals surface area contributed by atoms with Crippen LogP contribution < -0.4 is 29.4 Å². The summed E-state index contributed by atoms with van der Waals surface area (Å²) in [4.78, 5) is 36.5. The zero-order valence-electron chi connectivity index (χ0n) is 23.6.